The highest BCUT2D eigenvalue weighted by molar-refractivity contribution is 7.15. The summed E-state index contributed by atoms with van der Waals surface area (Å²) in [6.07, 6.45) is 3.38. The van der Waals surface area contributed by atoms with Crippen LogP contribution < -0.4 is 5.32 Å². The topological polar surface area (TPSA) is 85.1 Å². The number of fused-ring (bicyclic) bond motifs is 1. The number of nitrogens with zero attached hydrogens (tertiary/aromatic N) is 5. The number of carbonyl (C=O) groups is 1. The molecule has 0 fully saturated rings. The van der Waals surface area contributed by atoms with Gasteiger partial charge in [0.2, 0.25) is 5.13 Å². The van der Waals surface area contributed by atoms with Crippen molar-refractivity contribution in [1.82, 2.24) is 24.8 Å². The van der Waals surface area contributed by atoms with E-state index >= 15 is 0 Å². The number of hydrogen-bond donors (Lipinski definition) is 1. The monoisotopic (exact) mass is 274 g/mol. The lowest BCUT2D eigenvalue weighted by molar-refractivity contribution is 0.102. The number of aryl methyl sites for hydroxylation is 2. The Hall–Kier alpha value is -2.35. The van der Waals surface area contributed by atoms with E-state index in [2.05, 4.69) is 25.6 Å². The first-order chi connectivity index (χ1) is 9.15. The van der Waals surface area contributed by atoms with Crippen LogP contribution in [0.2, 0.25) is 0 Å². The Morgan fingerprint density at radius 3 is 2.95 bits per heavy atom. The van der Waals surface area contributed by atoms with Gasteiger partial charge in [-0.15, -0.1) is 10.2 Å². The van der Waals surface area contributed by atoms with Crippen molar-refractivity contribution >= 4 is 28.0 Å². The molecule has 3 aromatic heterocycles. The van der Waals surface area contributed by atoms with E-state index in [-0.39, 0.29) is 5.91 Å². The summed E-state index contributed by atoms with van der Waals surface area (Å²) in [5.41, 5.74) is 1.60. The lowest BCUT2D eigenvalue weighted by Gasteiger charge is -1.99. The second-order valence-corrected chi connectivity index (χ2v) is 5.11. The van der Waals surface area contributed by atoms with Crippen LogP contribution in [0.1, 0.15) is 21.1 Å². The van der Waals surface area contributed by atoms with Crippen molar-refractivity contribution in [2.24, 2.45) is 0 Å². The third-order valence-electron chi connectivity index (χ3n) is 2.54. The Kier molecular flexibility index (Phi) is 2.71. The molecule has 0 aliphatic heterocycles. The van der Waals surface area contributed by atoms with Gasteiger partial charge in [0.25, 0.3) is 5.91 Å². The van der Waals surface area contributed by atoms with Gasteiger partial charge in [-0.1, -0.05) is 11.3 Å². The van der Waals surface area contributed by atoms with Gasteiger partial charge in [-0.3, -0.25) is 10.1 Å². The molecule has 3 aromatic rings. The van der Waals surface area contributed by atoms with E-state index in [0.29, 0.717) is 22.0 Å². The number of amides is 1. The highest BCUT2D eigenvalue weighted by Gasteiger charge is 2.19. The first kappa shape index (κ1) is 11.7. The van der Waals surface area contributed by atoms with Gasteiger partial charge >= 0.3 is 0 Å². The van der Waals surface area contributed by atoms with Crippen LogP contribution in [0.4, 0.5) is 5.13 Å². The van der Waals surface area contributed by atoms with Crippen molar-refractivity contribution < 1.29 is 4.79 Å². The number of rotatable bonds is 2. The summed E-state index contributed by atoms with van der Waals surface area (Å²) in [5, 5.41) is 15.9. The van der Waals surface area contributed by atoms with Crippen LogP contribution >= 0.6 is 11.3 Å². The Labute approximate surface area is 112 Å². The molecule has 96 valence electrons. The number of carbonyl (C=O) groups excluding carboxylic acids is 1. The average Bonchev–Trinajstić information content (AvgIpc) is 2.91. The lowest BCUT2D eigenvalue weighted by atomic mass is 10.2. The molecule has 8 heteroatoms. The number of anilines is 1. The summed E-state index contributed by atoms with van der Waals surface area (Å²) in [6, 6.07) is 1.76. The molecular formula is C11H10N6OS. The minimum absolute atomic E-state index is 0.276. The summed E-state index contributed by atoms with van der Waals surface area (Å²) < 4.78 is 1.58. The molecule has 0 aliphatic carbocycles. The van der Waals surface area contributed by atoms with Gasteiger partial charge in [-0.25, -0.2) is 9.50 Å². The fourth-order valence-corrected chi connectivity index (χ4v) is 2.36. The van der Waals surface area contributed by atoms with Gasteiger partial charge in [-0.2, -0.15) is 5.10 Å². The standard InChI is InChI=1S/C11H10N6OS/c1-6-8(9-12-4-3-5-17(9)16-6)10(18)13-11-15-14-7(2)19-11/h3-5H,1-2H3,(H,13,15,18). The van der Waals surface area contributed by atoms with Crippen LogP contribution in [0, 0.1) is 13.8 Å². The van der Waals surface area contributed by atoms with Crippen molar-refractivity contribution in [3.8, 4) is 0 Å². The maximum atomic E-state index is 12.3. The number of nitrogens with one attached hydrogen (secondary N) is 1. The summed E-state index contributed by atoms with van der Waals surface area (Å²) in [5.74, 6) is -0.276. The SMILES string of the molecule is Cc1nnc(NC(=O)c2c(C)nn3cccnc23)s1. The zero-order chi connectivity index (χ0) is 13.4. The minimum atomic E-state index is -0.276. The van der Waals surface area contributed by atoms with Gasteiger partial charge in [0.1, 0.15) is 10.6 Å². The van der Waals surface area contributed by atoms with E-state index in [1.54, 1.807) is 29.9 Å². The molecule has 0 saturated heterocycles. The Bertz CT molecular complexity index is 761. The number of aromatic nitrogens is 5. The molecule has 0 unspecified atom stereocenters. The molecule has 7 nitrogen and oxygen atoms in total. The quantitative estimate of drug-likeness (QED) is 0.764. The molecule has 19 heavy (non-hydrogen) atoms. The normalized spacial score (nSPS) is 10.8. The van der Waals surface area contributed by atoms with Gasteiger partial charge < -0.3 is 0 Å². The van der Waals surface area contributed by atoms with Gasteiger partial charge in [0.05, 0.1) is 5.69 Å². The maximum Gasteiger partial charge on any atom is 0.263 e. The molecule has 0 aromatic carbocycles. The van der Waals surface area contributed by atoms with Gasteiger partial charge in [0, 0.05) is 12.4 Å². The summed E-state index contributed by atoms with van der Waals surface area (Å²) in [6.45, 7) is 3.60. The summed E-state index contributed by atoms with van der Waals surface area (Å²) in [7, 11) is 0. The van der Waals surface area contributed by atoms with Crippen LogP contribution in [-0.4, -0.2) is 30.7 Å². The predicted octanol–water partition coefficient (Wildman–Crippen LogP) is 1.45. The second kappa shape index (κ2) is 4.39. The van der Waals surface area contributed by atoms with E-state index in [1.807, 2.05) is 6.92 Å². The van der Waals surface area contributed by atoms with Gasteiger partial charge in [-0.05, 0) is 19.9 Å². The summed E-state index contributed by atoms with van der Waals surface area (Å²) >= 11 is 1.32. The Balaban J connectivity index is 1.99. The molecule has 0 bridgehead atoms. The van der Waals surface area contributed by atoms with Crippen LogP contribution in [0.5, 0.6) is 0 Å². The average molecular weight is 274 g/mol. The van der Waals surface area contributed by atoms with E-state index in [4.69, 9.17) is 0 Å². The van der Waals surface area contributed by atoms with Crippen molar-refractivity contribution in [3.63, 3.8) is 0 Å². The molecule has 3 heterocycles. The summed E-state index contributed by atoms with van der Waals surface area (Å²) in [4.78, 5) is 16.4. The molecule has 1 amide bonds. The fraction of sp³-hybridized carbons (Fsp3) is 0.182. The molecule has 0 aliphatic rings. The Morgan fingerprint density at radius 2 is 2.21 bits per heavy atom. The predicted molar refractivity (Wildman–Crippen MR) is 70.3 cm³/mol. The zero-order valence-electron chi connectivity index (χ0n) is 10.3. The third kappa shape index (κ3) is 2.06. The highest BCUT2D eigenvalue weighted by atomic mass is 32.1. The second-order valence-electron chi connectivity index (χ2n) is 3.93. The van der Waals surface area contributed by atoms with E-state index in [1.165, 1.54) is 11.3 Å². The van der Waals surface area contributed by atoms with Crippen molar-refractivity contribution in [1.29, 1.82) is 0 Å². The molecule has 0 saturated carbocycles. The number of hydrogen-bond acceptors (Lipinski definition) is 6. The third-order valence-corrected chi connectivity index (χ3v) is 3.30. The van der Waals surface area contributed by atoms with E-state index in [0.717, 1.165) is 5.01 Å². The van der Waals surface area contributed by atoms with Crippen LogP contribution in [0.25, 0.3) is 5.65 Å². The van der Waals surface area contributed by atoms with Gasteiger partial charge in [0.15, 0.2) is 5.65 Å². The molecule has 3 rings (SSSR count). The first-order valence-corrected chi connectivity index (χ1v) is 6.38. The lowest BCUT2D eigenvalue weighted by Crippen LogP contribution is -2.13. The maximum absolute atomic E-state index is 12.3. The van der Waals surface area contributed by atoms with E-state index < -0.39 is 0 Å². The van der Waals surface area contributed by atoms with Crippen molar-refractivity contribution in [2.75, 3.05) is 5.32 Å². The molecule has 0 radical (unpaired) electrons. The first-order valence-electron chi connectivity index (χ1n) is 5.56. The molecular weight excluding hydrogens is 264 g/mol. The van der Waals surface area contributed by atoms with Crippen molar-refractivity contribution in [2.45, 2.75) is 13.8 Å². The van der Waals surface area contributed by atoms with Crippen LogP contribution in [0.15, 0.2) is 18.5 Å². The molecule has 0 atom stereocenters. The van der Waals surface area contributed by atoms with Crippen molar-refractivity contribution in [3.05, 3.63) is 34.7 Å². The minimum Gasteiger partial charge on any atom is -0.296 e. The smallest absolute Gasteiger partial charge is 0.263 e. The fourth-order valence-electron chi connectivity index (χ4n) is 1.77. The molecule has 1 N–H and O–H groups in total. The largest absolute Gasteiger partial charge is 0.296 e. The van der Waals surface area contributed by atoms with Crippen LogP contribution in [0.3, 0.4) is 0 Å². The molecule has 0 spiro atoms. The van der Waals surface area contributed by atoms with E-state index in [9.17, 15) is 4.79 Å². The highest BCUT2D eigenvalue weighted by Crippen LogP contribution is 2.18. The van der Waals surface area contributed by atoms with Crippen LogP contribution in [-0.2, 0) is 0 Å². The Morgan fingerprint density at radius 1 is 1.37 bits per heavy atom. The zero-order valence-corrected chi connectivity index (χ0v) is 11.1.